The first-order valence-corrected chi connectivity index (χ1v) is 13.2. The van der Waals surface area contributed by atoms with Gasteiger partial charge in [-0.3, -0.25) is 0 Å². The summed E-state index contributed by atoms with van der Waals surface area (Å²) >= 11 is 0. The van der Waals surface area contributed by atoms with Crippen LogP contribution in [-0.2, 0) is 11.1 Å². The molecule has 0 saturated heterocycles. The average molecular weight is 670 g/mol. The van der Waals surface area contributed by atoms with Crippen molar-refractivity contribution in [3.8, 4) is 0 Å². The van der Waals surface area contributed by atoms with Gasteiger partial charge in [0.15, 0.2) is 12.4 Å². The van der Waals surface area contributed by atoms with Crippen LogP contribution in [-0.4, -0.2) is 5.48 Å². The van der Waals surface area contributed by atoms with Crippen LogP contribution in [0.1, 0.15) is 12.8 Å². The summed E-state index contributed by atoms with van der Waals surface area (Å²) in [5.74, 6) is 0. The maximum atomic E-state index is 6.44. The maximum Gasteiger partial charge on any atom is 0.219 e. The van der Waals surface area contributed by atoms with Crippen LogP contribution in [0.5, 0.6) is 0 Å². The second-order valence-electron chi connectivity index (χ2n) is 10.7. The van der Waals surface area contributed by atoms with E-state index in [1.165, 1.54) is 22.3 Å². The summed E-state index contributed by atoms with van der Waals surface area (Å²) in [6.45, 7) is 0. The number of hydrogen-bond donors (Lipinski definition) is 2. The van der Waals surface area contributed by atoms with Crippen LogP contribution in [0, 0.1) is 0 Å². The Balaban J connectivity index is 0.00000112. The highest BCUT2D eigenvalue weighted by Crippen LogP contribution is 2.51. The van der Waals surface area contributed by atoms with Crippen LogP contribution in [0.15, 0.2) is 144 Å². The molecule has 0 radical (unpaired) electrons. The van der Waals surface area contributed by atoms with E-state index in [0.29, 0.717) is 0 Å². The molecular weight excluding hydrogens is 640 g/mol. The quantitative estimate of drug-likeness (QED) is 0.258. The smallest absolute Gasteiger partial charge is 0.219 e. The zero-order valence-corrected chi connectivity index (χ0v) is 25.4. The minimum absolute atomic E-state index is 0. The standard InChI is InChI=1S/C34H26N4.2BrH.H2O/c35-29-17-21-37(31-7-3-1-5-27(29)31)33(23-9-10-24(33)12-11-23)19-20-34(25-13-14-26(34)16-15-25)38-22-18-30(36)28-6-2-4-8-32(28)38;;;/h1-18,21-22,35-36H,19-20H2;2*1H;1H2. The summed E-state index contributed by atoms with van der Waals surface area (Å²) in [5.41, 5.74) is 21.5. The number of anilines is 2. The van der Waals surface area contributed by atoms with Crippen molar-refractivity contribution in [2.45, 2.75) is 23.9 Å². The normalized spacial score (nSPS) is 17.9. The van der Waals surface area contributed by atoms with Crippen molar-refractivity contribution >= 4 is 33.2 Å². The summed E-state index contributed by atoms with van der Waals surface area (Å²) in [6.07, 6.45) is 24.5. The molecule has 2 heterocycles. The highest BCUT2D eigenvalue weighted by atomic mass is 79.9. The molecule has 41 heavy (non-hydrogen) atoms. The summed E-state index contributed by atoms with van der Waals surface area (Å²) in [7, 11) is 0. The molecular formula is C34H30Br2N4O. The molecule has 4 bridgehead atoms. The van der Waals surface area contributed by atoms with E-state index in [-0.39, 0.29) is 50.5 Å². The maximum absolute atomic E-state index is 6.44. The van der Waals surface area contributed by atoms with Crippen LogP contribution in [0.25, 0.3) is 21.8 Å². The Labute approximate surface area is 260 Å². The molecule has 0 saturated carbocycles. The summed E-state index contributed by atoms with van der Waals surface area (Å²) in [5, 5.41) is 2.17. The number of nitrogens with two attached hydrogens (primary N) is 2. The van der Waals surface area contributed by atoms with Gasteiger partial charge >= 0.3 is 0 Å². The Morgan fingerprint density at radius 3 is 1.20 bits per heavy atom. The third kappa shape index (κ3) is 3.69. The predicted octanol–water partition coefficient (Wildman–Crippen LogP) is -1.34. The number of pyridine rings is 2. The van der Waals surface area contributed by atoms with Crippen molar-refractivity contribution in [3.05, 3.63) is 144 Å². The second-order valence-corrected chi connectivity index (χ2v) is 10.7. The number of rotatable bonds is 5. The fraction of sp³-hybridized carbons (Fsp3) is 0.118. The Bertz CT molecular complexity index is 1730. The minimum atomic E-state index is -0.284. The van der Waals surface area contributed by atoms with Crippen LogP contribution in [0.3, 0.4) is 0 Å². The SMILES string of the molecule is Nc1cc[n+](C2(CCC3([n+]4ccc(N)c5ccccc54)C4=CC=C3C=C4)C3=CC=C2C=C3)c2ccccc12.O.[Br-].[Br-]. The number of allylic oxidation sites excluding steroid dienone is 12. The van der Waals surface area contributed by atoms with Gasteiger partial charge in [0.2, 0.25) is 22.1 Å². The molecule has 0 aliphatic heterocycles. The summed E-state index contributed by atoms with van der Waals surface area (Å²) < 4.78 is 4.91. The number of halogens is 2. The Morgan fingerprint density at radius 2 is 0.854 bits per heavy atom. The number of nitrogen functional groups attached to an aromatic ring is 2. The zero-order valence-electron chi connectivity index (χ0n) is 22.3. The van der Waals surface area contributed by atoms with E-state index in [1.807, 2.05) is 12.1 Å². The van der Waals surface area contributed by atoms with Crippen LogP contribution >= 0.6 is 0 Å². The first-order chi connectivity index (χ1) is 18.6. The van der Waals surface area contributed by atoms with Crippen molar-refractivity contribution in [1.82, 2.24) is 0 Å². The van der Waals surface area contributed by atoms with Gasteiger partial charge in [0.25, 0.3) is 0 Å². The first kappa shape index (κ1) is 28.7. The van der Waals surface area contributed by atoms with Crippen molar-refractivity contribution in [1.29, 1.82) is 0 Å². The van der Waals surface area contributed by atoms with Crippen molar-refractivity contribution in [2.75, 3.05) is 11.5 Å². The van der Waals surface area contributed by atoms with E-state index in [0.717, 1.165) is 46.0 Å². The molecule has 0 fully saturated rings. The molecule has 0 amide bonds. The van der Waals surface area contributed by atoms with Crippen molar-refractivity contribution < 1.29 is 48.6 Å². The Hall–Kier alpha value is -3.78. The van der Waals surface area contributed by atoms with E-state index in [9.17, 15) is 0 Å². The van der Waals surface area contributed by atoms with Crippen molar-refractivity contribution in [2.24, 2.45) is 0 Å². The Kier molecular flexibility index (Phi) is 7.18. The third-order valence-electron chi connectivity index (χ3n) is 9.11. The lowest BCUT2D eigenvalue weighted by Gasteiger charge is -2.31. The predicted molar refractivity (Wildman–Crippen MR) is 157 cm³/mol. The first-order valence-electron chi connectivity index (χ1n) is 13.2. The number of para-hydroxylation sites is 2. The molecule has 0 atom stereocenters. The molecule has 0 spiro atoms. The summed E-state index contributed by atoms with van der Waals surface area (Å²) in [6, 6.07) is 21.1. The highest BCUT2D eigenvalue weighted by molar-refractivity contribution is 5.88. The molecule has 2 aromatic carbocycles. The minimum Gasteiger partial charge on any atom is -1.00 e. The zero-order chi connectivity index (χ0) is 25.5. The van der Waals surface area contributed by atoms with Gasteiger partial charge in [-0.1, -0.05) is 72.9 Å². The highest BCUT2D eigenvalue weighted by Gasteiger charge is 2.57. The largest absolute Gasteiger partial charge is 1.00 e. The fourth-order valence-corrected chi connectivity index (χ4v) is 7.28. The van der Waals surface area contributed by atoms with E-state index in [2.05, 4.69) is 119 Å². The van der Waals surface area contributed by atoms with E-state index in [4.69, 9.17) is 11.5 Å². The van der Waals surface area contributed by atoms with Crippen LogP contribution < -0.4 is 54.6 Å². The van der Waals surface area contributed by atoms with Gasteiger partial charge in [0, 0.05) is 59.4 Å². The van der Waals surface area contributed by atoms with Gasteiger partial charge in [-0.2, -0.15) is 9.13 Å². The number of hydrogen-bond acceptors (Lipinski definition) is 2. The van der Waals surface area contributed by atoms with E-state index in [1.54, 1.807) is 0 Å². The lowest BCUT2D eigenvalue weighted by Crippen LogP contribution is -3.00. The fourth-order valence-electron chi connectivity index (χ4n) is 7.28. The number of nitrogens with zero attached hydrogens (tertiary/aromatic N) is 2. The lowest BCUT2D eigenvalue weighted by molar-refractivity contribution is -0.734. The number of fused-ring (bicyclic) bond motifs is 6. The molecule has 6 N–H and O–H groups in total. The number of aromatic nitrogens is 2. The molecule has 8 rings (SSSR count). The molecule has 0 unspecified atom stereocenters. The molecule has 4 aliphatic rings. The van der Waals surface area contributed by atoms with E-state index >= 15 is 0 Å². The van der Waals surface area contributed by atoms with Crippen LogP contribution in [0.4, 0.5) is 11.4 Å². The van der Waals surface area contributed by atoms with Gasteiger partial charge in [0.1, 0.15) is 0 Å². The van der Waals surface area contributed by atoms with E-state index < -0.39 is 0 Å². The molecule has 4 aromatic rings. The molecule has 4 aliphatic carbocycles. The van der Waals surface area contributed by atoms with Gasteiger partial charge in [-0.05, 0) is 12.1 Å². The summed E-state index contributed by atoms with van der Waals surface area (Å²) in [4.78, 5) is 0. The van der Waals surface area contributed by atoms with Gasteiger partial charge in [-0.15, -0.1) is 0 Å². The topological polar surface area (TPSA) is 91.3 Å². The molecule has 206 valence electrons. The van der Waals surface area contributed by atoms with Gasteiger partial charge in [-0.25, -0.2) is 0 Å². The van der Waals surface area contributed by atoms with Crippen LogP contribution in [0.2, 0.25) is 0 Å². The lowest BCUT2D eigenvalue weighted by atomic mass is 9.77. The second kappa shape index (κ2) is 10.2. The molecule has 7 heteroatoms. The molecule has 5 nitrogen and oxygen atoms in total. The monoisotopic (exact) mass is 668 g/mol. The molecule has 2 aromatic heterocycles. The number of benzene rings is 2. The Morgan fingerprint density at radius 1 is 0.512 bits per heavy atom. The third-order valence-corrected chi connectivity index (χ3v) is 9.11. The van der Waals surface area contributed by atoms with Crippen molar-refractivity contribution in [3.63, 3.8) is 0 Å². The van der Waals surface area contributed by atoms with Gasteiger partial charge < -0.3 is 50.9 Å². The average Bonchev–Trinajstić information content (AvgIpc) is 3.70. The van der Waals surface area contributed by atoms with Gasteiger partial charge in [0.05, 0.1) is 22.1 Å².